The van der Waals surface area contributed by atoms with Gasteiger partial charge in [-0.3, -0.25) is 4.79 Å². The van der Waals surface area contributed by atoms with Crippen LogP contribution >= 0.6 is 0 Å². The van der Waals surface area contributed by atoms with E-state index in [-0.39, 0.29) is 18.2 Å². The Balaban J connectivity index is 2.01. The topological polar surface area (TPSA) is 88.4 Å². The van der Waals surface area contributed by atoms with Gasteiger partial charge in [0.05, 0.1) is 11.5 Å². The highest BCUT2D eigenvalue weighted by atomic mass is 32.2. The smallest absolute Gasteiger partial charge is 0.291 e. The molecule has 0 aliphatic carbocycles. The summed E-state index contributed by atoms with van der Waals surface area (Å²) in [5.74, 6) is -0.139. The third kappa shape index (κ3) is 4.67. The first-order valence-electron chi connectivity index (χ1n) is 7.34. The highest BCUT2D eigenvalue weighted by molar-refractivity contribution is 7.90. The first kappa shape index (κ1) is 17.2. The summed E-state index contributed by atoms with van der Waals surface area (Å²) < 4.78 is 31.5. The Morgan fingerprint density at radius 1 is 1.26 bits per heavy atom. The minimum Gasteiger partial charge on any atom is -0.459 e. The van der Waals surface area contributed by atoms with Gasteiger partial charge in [0.15, 0.2) is 5.76 Å². The lowest BCUT2D eigenvalue weighted by atomic mass is 10.2. The van der Waals surface area contributed by atoms with Gasteiger partial charge in [0, 0.05) is 12.2 Å². The molecule has 0 aliphatic heterocycles. The second-order valence-corrected chi connectivity index (χ2v) is 7.40. The van der Waals surface area contributed by atoms with E-state index < -0.39 is 15.3 Å². The van der Waals surface area contributed by atoms with Gasteiger partial charge >= 0.3 is 0 Å². The molecule has 2 aromatic rings. The average Bonchev–Trinajstić information content (AvgIpc) is 3.07. The highest BCUT2D eigenvalue weighted by Gasteiger charge is 2.18. The lowest BCUT2D eigenvalue weighted by Gasteiger charge is -2.12. The van der Waals surface area contributed by atoms with Crippen LogP contribution in [0.25, 0.3) is 0 Å². The number of hydrogen-bond acceptors (Lipinski definition) is 4. The van der Waals surface area contributed by atoms with Crippen LogP contribution in [0.4, 0.5) is 5.69 Å². The molecule has 23 heavy (non-hydrogen) atoms. The summed E-state index contributed by atoms with van der Waals surface area (Å²) in [6.07, 6.45) is 1.98. The molecular formula is C16H20N2O4S. The van der Waals surface area contributed by atoms with E-state index in [0.29, 0.717) is 12.1 Å². The van der Waals surface area contributed by atoms with Gasteiger partial charge in [-0.05, 0) is 43.2 Å². The minimum absolute atomic E-state index is 0.178. The molecule has 1 amide bonds. The Bertz CT molecular complexity index is 754. The number of hydrogen-bond donors (Lipinski definition) is 2. The van der Waals surface area contributed by atoms with Gasteiger partial charge in [-0.2, -0.15) is 0 Å². The van der Waals surface area contributed by atoms with Crippen LogP contribution in [-0.4, -0.2) is 19.6 Å². The Morgan fingerprint density at radius 2 is 2.04 bits per heavy atom. The van der Waals surface area contributed by atoms with Crippen LogP contribution < -0.4 is 10.0 Å². The van der Waals surface area contributed by atoms with E-state index in [4.69, 9.17) is 4.42 Å². The monoisotopic (exact) mass is 336 g/mol. The predicted octanol–water partition coefficient (Wildman–Crippen LogP) is 2.75. The molecule has 0 fully saturated rings. The van der Waals surface area contributed by atoms with Crippen molar-refractivity contribution in [2.45, 2.75) is 32.1 Å². The zero-order valence-electron chi connectivity index (χ0n) is 13.1. The first-order valence-corrected chi connectivity index (χ1v) is 8.89. The average molecular weight is 336 g/mol. The van der Waals surface area contributed by atoms with E-state index in [1.54, 1.807) is 43.3 Å². The Hall–Kier alpha value is -2.12. The van der Waals surface area contributed by atoms with Gasteiger partial charge < -0.3 is 9.73 Å². The molecule has 0 spiro atoms. The summed E-state index contributed by atoms with van der Waals surface area (Å²) in [6, 6.07) is 10.2. The van der Waals surface area contributed by atoms with Crippen LogP contribution in [0, 0.1) is 0 Å². The van der Waals surface area contributed by atoms with Crippen LogP contribution in [0.1, 0.15) is 36.4 Å². The quantitative estimate of drug-likeness (QED) is 0.814. The van der Waals surface area contributed by atoms with E-state index in [0.717, 1.165) is 5.56 Å². The van der Waals surface area contributed by atoms with Crippen molar-refractivity contribution in [1.29, 1.82) is 0 Å². The summed E-state index contributed by atoms with van der Waals surface area (Å²) in [5.41, 5.74) is 1.33. The fourth-order valence-corrected chi connectivity index (χ4v) is 3.00. The molecule has 0 saturated heterocycles. The van der Waals surface area contributed by atoms with Crippen molar-refractivity contribution in [2.24, 2.45) is 0 Å². The fourth-order valence-electron chi connectivity index (χ4n) is 1.91. The fraction of sp³-hybridized carbons (Fsp3) is 0.312. The number of carbonyl (C=O) groups excluding carboxylic acids is 1. The summed E-state index contributed by atoms with van der Waals surface area (Å²) in [7, 11) is -3.33. The van der Waals surface area contributed by atoms with Gasteiger partial charge in [-0.15, -0.1) is 0 Å². The Morgan fingerprint density at radius 3 is 2.70 bits per heavy atom. The van der Waals surface area contributed by atoms with Crippen molar-refractivity contribution in [1.82, 2.24) is 4.72 Å². The van der Waals surface area contributed by atoms with Gasteiger partial charge in [-0.25, -0.2) is 13.1 Å². The molecule has 1 aromatic carbocycles. The van der Waals surface area contributed by atoms with Crippen molar-refractivity contribution >= 4 is 21.6 Å². The minimum atomic E-state index is -3.33. The van der Waals surface area contributed by atoms with Gasteiger partial charge in [-0.1, -0.05) is 19.1 Å². The third-order valence-corrected chi connectivity index (χ3v) is 5.45. The molecule has 1 heterocycles. The molecule has 0 saturated carbocycles. The molecule has 0 radical (unpaired) electrons. The lowest BCUT2D eigenvalue weighted by Crippen LogP contribution is -2.31. The van der Waals surface area contributed by atoms with Gasteiger partial charge in [0.2, 0.25) is 10.0 Å². The maximum absolute atomic E-state index is 12.0. The summed E-state index contributed by atoms with van der Waals surface area (Å²) in [6.45, 7) is 3.67. The maximum atomic E-state index is 12.0. The summed E-state index contributed by atoms with van der Waals surface area (Å²) in [5, 5.41) is 2.27. The second kappa shape index (κ2) is 7.43. The number of nitrogens with one attached hydrogen (secondary N) is 2. The molecule has 2 rings (SSSR count). The SMILES string of the molecule is CCC(C)S(=O)(=O)NCc1cccc(NC(=O)c2ccco2)c1. The zero-order chi connectivity index (χ0) is 16.9. The van der Waals surface area contributed by atoms with Crippen molar-refractivity contribution in [2.75, 3.05) is 5.32 Å². The molecule has 1 aromatic heterocycles. The molecule has 1 unspecified atom stereocenters. The molecule has 2 N–H and O–H groups in total. The lowest BCUT2D eigenvalue weighted by molar-refractivity contribution is 0.0996. The molecular weight excluding hydrogens is 316 g/mol. The summed E-state index contributed by atoms with van der Waals surface area (Å²) in [4.78, 5) is 11.9. The largest absolute Gasteiger partial charge is 0.459 e. The molecule has 1 atom stereocenters. The molecule has 0 aliphatic rings. The van der Waals surface area contributed by atoms with E-state index in [2.05, 4.69) is 10.0 Å². The van der Waals surface area contributed by atoms with E-state index >= 15 is 0 Å². The highest BCUT2D eigenvalue weighted by Crippen LogP contribution is 2.13. The van der Waals surface area contributed by atoms with Crippen LogP contribution in [-0.2, 0) is 16.6 Å². The van der Waals surface area contributed by atoms with Crippen LogP contribution in [0.15, 0.2) is 47.1 Å². The summed E-state index contributed by atoms with van der Waals surface area (Å²) >= 11 is 0. The van der Waals surface area contributed by atoms with E-state index in [9.17, 15) is 13.2 Å². The maximum Gasteiger partial charge on any atom is 0.291 e. The van der Waals surface area contributed by atoms with Crippen LogP contribution in [0.5, 0.6) is 0 Å². The van der Waals surface area contributed by atoms with Crippen molar-refractivity contribution in [3.8, 4) is 0 Å². The Labute approximate surface area is 135 Å². The van der Waals surface area contributed by atoms with Crippen molar-refractivity contribution in [3.63, 3.8) is 0 Å². The Kier molecular flexibility index (Phi) is 5.57. The number of anilines is 1. The van der Waals surface area contributed by atoms with Crippen LogP contribution in [0.3, 0.4) is 0 Å². The van der Waals surface area contributed by atoms with Crippen molar-refractivity contribution < 1.29 is 17.6 Å². The molecule has 0 bridgehead atoms. The molecule has 6 nitrogen and oxygen atoms in total. The normalized spacial score (nSPS) is 12.8. The number of carbonyl (C=O) groups is 1. The number of benzene rings is 1. The van der Waals surface area contributed by atoms with Crippen molar-refractivity contribution in [3.05, 3.63) is 54.0 Å². The first-order chi connectivity index (χ1) is 10.9. The molecule has 124 valence electrons. The van der Waals surface area contributed by atoms with Gasteiger partial charge in [0.25, 0.3) is 5.91 Å². The van der Waals surface area contributed by atoms with Gasteiger partial charge in [0.1, 0.15) is 0 Å². The van der Waals surface area contributed by atoms with Crippen LogP contribution in [0.2, 0.25) is 0 Å². The zero-order valence-corrected chi connectivity index (χ0v) is 13.9. The predicted molar refractivity (Wildman–Crippen MR) is 88.6 cm³/mol. The number of sulfonamides is 1. The second-order valence-electron chi connectivity index (χ2n) is 5.22. The van der Waals surface area contributed by atoms with E-state index in [1.807, 2.05) is 6.92 Å². The number of amides is 1. The standard InChI is InChI=1S/C16H20N2O4S/c1-3-12(2)23(20,21)17-11-13-6-4-7-14(10-13)18-16(19)15-8-5-9-22-15/h4-10,12,17H,3,11H2,1-2H3,(H,18,19). The third-order valence-electron chi connectivity index (χ3n) is 3.51. The number of rotatable bonds is 7. The molecule has 7 heteroatoms. The van der Waals surface area contributed by atoms with E-state index in [1.165, 1.54) is 6.26 Å². The number of furan rings is 1.